The van der Waals surface area contributed by atoms with E-state index in [0.29, 0.717) is 34.3 Å². The number of carbonyl (C=O) groups excluding carboxylic acids is 2. The number of thioether (sulfide) groups is 1. The molecule has 3 rings (SSSR count). The molecule has 0 saturated heterocycles. The molecule has 1 aromatic heterocycles. The quantitative estimate of drug-likeness (QED) is 0.513. The van der Waals surface area contributed by atoms with Crippen LogP contribution in [-0.4, -0.2) is 45.0 Å². The van der Waals surface area contributed by atoms with Gasteiger partial charge in [0.05, 0.1) is 12.3 Å². The fourth-order valence-corrected chi connectivity index (χ4v) is 4.60. The standard InChI is InChI=1S/C24H35N5O3S/c1-16(2)18-9-11-19(12-10-18)32-14-22(30)25-13-21-27-28-24(29(21)4)33-15-23(31)26-20-8-6-5-7-17(20)3/h9-12,16-17,20H,5-8,13-15H2,1-4H3,(H,25,30)(H,26,31)/t17-,20+/m1/s1. The van der Waals surface area contributed by atoms with Gasteiger partial charge in [0.15, 0.2) is 17.6 Å². The molecule has 2 aromatic rings. The van der Waals surface area contributed by atoms with Crippen LogP contribution in [0.25, 0.3) is 0 Å². The van der Waals surface area contributed by atoms with E-state index < -0.39 is 0 Å². The van der Waals surface area contributed by atoms with Gasteiger partial charge in [-0.1, -0.05) is 57.5 Å². The summed E-state index contributed by atoms with van der Waals surface area (Å²) in [6, 6.07) is 8.03. The number of nitrogens with zero attached hydrogens (tertiary/aromatic N) is 3. The van der Waals surface area contributed by atoms with Crippen LogP contribution in [0.5, 0.6) is 5.75 Å². The Balaban J connectivity index is 1.39. The summed E-state index contributed by atoms with van der Waals surface area (Å²) < 4.78 is 7.36. The van der Waals surface area contributed by atoms with Gasteiger partial charge in [-0.3, -0.25) is 9.59 Å². The second-order valence-corrected chi connectivity index (χ2v) is 9.91. The van der Waals surface area contributed by atoms with E-state index in [2.05, 4.69) is 41.6 Å². The van der Waals surface area contributed by atoms with Crippen molar-refractivity contribution in [1.82, 2.24) is 25.4 Å². The van der Waals surface area contributed by atoms with E-state index >= 15 is 0 Å². The lowest BCUT2D eigenvalue weighted by Crippen LogP contribution is -2.41. The zero-order valence-electron chi connectivity index (χ0n) is 20.0. The monoisotopic (exact) mass is 473 g/mol. The first-order valence-electron chi connectivity index (χ1n) is 11.6. The highest BCUT2D eigenvalue weighted by molar-refractivity contribution is 7.99. The summed E-state index contributed by atoms with van der Waals surface area (Å²) in [5.74, 6) is 2.34. The van der Waals surface area contributed by atoms with Crippen LogP contribution in [0.2, 0.25) is 0 Å². The number of carbonyl (C=O) groups is 2. The number of benzene rings is 1. The number of amides is 2. The fraction of sp³-hybridized carbons (Fsp3) is 0.583. The highest BCUT2D eigenvalue weighted by atomic mass is 32.2. The third-order valence-electron chi connectivity index (χ3n) is 6.08. The lowest BCUT2D eigenvalue weighted by atomic mass is 9.86. The van der Waals surface area contributed by atoms with Gasteiger partial charge in [-0.05, 0) is 42.4 Å². The topological polar surface area (TPSA) is 98.1 Å². The summed E-state index contributed by atoms with van der Waals surface area (Å²) >= 11 is 1.35. The first kappa shape index (κ1) is 25.1. The molecule has 2 N–H and O–H groups in total. The second kappa shape index (κ2) is 12.1. The maximum Gasteiger partial charge on any atom is 0.258 e. The number of hydrogen-bond donors (Lipinski definition) is 2. The van der Waals surface area contributed by atoms with Gasteiger partial charge in [0.1, 0.15) is 5.75 Å². The number of aromatic nitrogens is 3. The van der Waals surface area contributed by atoms with Gasteiger partial charge in [-0.25, -0.2) is 0 Å². The van der Waals surface area contributed by atoms with Crippen molar-refractivity contribution in [3.05, 3.63) is 35.7 Å². The highest BCUT2D eigenvalue weighted by Gasteiger charge is 2.23. The zero-order valence-corrected chi connectivity index (χ0v) is 20.8. The van der Waals surface area contributed by atoms with Crippen molar-refractivity contribution < 1.29 is 14.3 Å². The Morgan fingerprint density at radius 1 is 1.15 bits per heavy atom. The Hall–Kier alpha value is -2.55. The Morgan fingerprint density at radius 2 is 1.88 bits per heavy atom. The molecule has 2 atom stereocenters. The lowest BCUT2D eigenvalue weighted by Gasteiger charge is -2.29. The van der Waals surface area contributed by atoms with Crippen molar-refractivity contribution in [2.45, 2.75) is 70.1 Å². The third-order valence-corrected chi connectivity index (χ3v) is 7.10. The largest absolute Gasteiger partial charge is 0.484 e. The highest BCUT2D eigenvalue weighted by Crippen LogP contribution is 2.24. The third kappa shape index (κ3) is 7.48. The van der Waals surface area contributed by atoms with Crippen molar-refractivity contribution in [2.75, 3.05) is 12.4 Å². The molecule has 9 heteroatoms. The van der Waals surface area contributed by atoms with Crippen LogP contribution in [0, 0.1) is 5.92 Å². The van der Waals surface area contributed by atoms with Gasteiger partial charge in [0.25, 0.3) is 5.91 Å². The van der Waals surface area contributed by atoms with E-state index in [1.54, 1.807) is 4.57 Å². The van der Waals surface area contributed by atoms with Gasteiger partial charge in [-0.2, -0.15) is 0 Å². The molecule has 0 spiro atoms. The SMILES string of the molecule is CC(C)c1ccc(OCC(=O)NCc2nnc(SCC(=O)N[C@H]3CCCC[C@H]3C)n2C)cc1. The molecule has 1 heterocycles. The van der Waals surface area contributed by atoms with Gasteiger partial charge in [0.2, 0.25) is 5.91 Å². The van der Waals surface area contributed by atoms with Crippen molar-refractivity contribution in [2.24, 2.45) is 13.0 Å². The lowest BCUT2D eigenvalue weighted by molar-refractivity contribution is -0.123. The predicted octanol–water partition coefficient (Wildman–Crippen LogP) is 3.42. The minimum atomic E-state index is -0.235. The molecule has 0 aliphatic heterocycles. The van der Waals surface area contributed by atoms with Gasteiger partial charge in [0, 0.05) is 13.1 Å². The molecule has 1 aliphatic carbocycles. The molecule has 180 valence electrons. The molecule has 8 nitrogen and oxygen atoms in total. The first-order valence-corrected chi connectivity index (χ1v) is 12.6. The van der Waals surface area contributed by atoms with Crippen LogP contribution < -0.4 is 15.4 Å². The molecule has 1 aromatic carbocycles. The molecular formula is C24H35N5O3S. The van der Waals surface area contributed by atoms with E-state index in [1.807, 2.05) is 31.3 Å². The maximum atomic E-state index is 12.3. The number of ether oxygens (including phenoxy) is 1. The van der Waals surface area contributed by atoms with Gasteiger partial charge >= 0.3 is 0 Å². The Labute approximate surface area is 200 Å². The average molecular weight is 474 g/mol. The van der Waals surface area contributed by atoms with Crippen molar-refractivity contribution >= 4 is 23.6 Å². The molecule has 0 unspecified atom stereocenters. The van der Waals surface area contributed by atoms with Crippen LogP contribution >= 0.6 is 11.8 Å². The normalized spacial score (nSPS) is 18.2. The molecule has 0 bridgehead atoms. The Bertz CT molecular complexity index is 929. The first-order chi connectivity index (χ1) is 15.8. The van der Waals surface area contributed by atoms with E-state index in [0.717, 1.165) is 6.42 Å². The summed E-state index contributed by atoms with van der Waals surface area (Å²) in [5, 5.41) is 14.9. The van der Waals surface area contributed by atoms with Crippen LogP contribution in [-0.2, 0) is 23.2 Å². The summed E-state index contributed by atoms with van der Waals surface area (Å²) in [5.41, 5.74) is 1.23. The minimum Gasteiger partial charge on any atom is -0.484 e. The Morgan fingerprint density at radius 3 is 2.58 bits per heavy atom. The number of rotatable bonds is 10. The molecule has 0 radical (unpaired) electrons. The van der Waals surface area contributed by atoms with E-state index in [9.17, 15) is 9.59 Å². The summed E-state index contributed by atoms with van der Waals surface area (Å²) in [6.45, 7) is 6.64. The molecule has 1 saturated carbocycles. The molecule has 1 fully saturated rings. The van der Waals surface area contributed by atoms with Crippen LogP contribution in [0.3, 0.4) is 0 Å². The molecule has 1 aliphatic rings. The molecular weight excluding hydrogens is 438 g/mol. The summed E-state index contributed by atoms with van der Waals surface area (Å²) in [4.78, 5) is 24.5. The Kier molecular flexibility index (Phi) is 9.17. The van der Waals surface area contributed by atoms with Crippen LogP contribution in [0.4, 0.5) is 0 Å². The average Bonchev–Trinajstić information content (AvgIpc) is 3.16. The van der Waals surface area contributed by atoms with Crippen LogP contribution in [0.15, 0.2) is 29.4 Å². The molecule has 33 heavy (non-hydrogen) atoms. The minimum absolute atomic E-state index is 0.0233. The summed E-state index contributed by atoms with van der Waals surface area (Å²) in [7, 11) is 1.83. The smallest absolute Gasteiger partial charge is 0.258 e. The van der Waals surface area contributed by atoms with Crippen molar-refractivity contribution in [1.29, 1.82) is 0 Å². The van der Waals surface area contributed by atoms with Gasteiger partial charge < -0.3 is 19.9 Å². The summed E-state index contributed by atoms with van der Waals surface area (Å²) in [6.07, 6.45) is 4.65. The van der Waals surface area contributed by atoms with Gasteiger partial charge in [-0.15, -0.1) is 10.2 Å². The maximum absolute atomic E-state index is 12.3. The van der Waals surface area contributed by atoms with E-state index in [4.69, 9.17) is 4.74 Å². The number of hydrogen-bond acceptors (Lipinski definition) is 6. The van der Waals surface area contributed by atoms with Crippen molar-refractivity contribution in [3.63, 3.8) is 0 Å². The second-order valence-electron chi connectivity index (χ2n) is 8.97. The number of nitrogens with one attached hydrogen (secondary N) is 2. The zero-order chi connectivity index (χ0) is 23.8. The predicted molar refractivity (Wildman–Crippen MR) is 129 cm³/mol. The van der Waals surface area contributed by atoms with Crippen molar-refractivity contribution in [3.8, 4) is 5.75 Å². The van der Waals surface area contributed by atoms with E-state index in [-0.39, 0.29) is 31.0 Å². The fourth-order valence-electron chi connectivity index (χ4n) is 3.86. The molecule has 2 amide bonds. The van der Waals surface area contributed by atoms with Crippen LogP contribution in [0.1, 0.15) is 63.8 Å². The van der Waals surface area contributed by atoms with E-state index in [1.165, 1.54) is 36.6 Å².